The Hall–Kier alpha value is -2.21. The minimum atomic E-state index is -0.390. The number of carbonyl (C=O) groups is 1. The summed E-state index contributed by atoms with van der Waals surface area (Å²) in [5.41, 5.74) is 2.82. The smallest absolute Gasteiger partial charge is 0.224 e. The first-order valence-corrected chi connectivity index (χ1v) is 10.3. The maximum Gasteiger partial charge on any atom is 0.224 e. The van der Waals surface area contributed by atoms with Gasteiger partial charge in [0.15, 0.2) is 0 Å². The van der Waals surface area contributed by atoms with Crippen molar-refractivity contribution in [2.45, 2.75) is 59.0 Å². The molecule has 0 aliphatic carbocycles. The molecule has 5 nitrogen and oxygen atoms in total. The van der Waals surface area contributed by atoms with Crippen LogP contribution in [0, 0.1) is 18.7 Å². The number of hydrogen-bond donors (Lipinski definition) is 1. The van der Waals surface area contributed by atoms with Crippen LogP contribution in [0.2, 0.25) is 0 Å². The summed E-state index contributed by atoms with van der Waals surface area (Å²) in [6.45, 7) is 8.30. The van der Waals surface area contributed by atoms with Crippen LogP contribution in [0.15, 0.2) is 30.5 Å². The zero-order chi connectivity index (χ0) is 19.9. The van der Waals surface area contributed by atoms with E-state index in [4.69, 9.17) is 0 Å². The van der Waals surface area contributed by atoms with E-state index in [1.165, 1.54) is 17.3 Å². The van der Waals surface area contributed by atoms with Crippen molar-refractivity contribution in [3.8, 4) is 0 Å². The number of benzene rings is 1. The molecule has 2 aromatic rings. The molecule has 0 bridgehead atoms. The van der Waals surface area contributed by atoms with Crippen molar-refractivity contribution in [3.05, 3.63) is 47.5 Å². The normalized spacial score (nSPS) is 17.6. The molecule has 1 aromatic carbocycles. The van der Waals surface area contributed by atoms with Gasteiger partial charge in [-0.25, -0.2) is 4.39 Å². The molecular formula is C22H31FN4O. The highest BCUT2D eigenvalue weighted by Gasteiger charge is 2.22. The Balaban J connectivity index is 1.47. The fourth-order valence-electron chi connectivity index (χ4n) is 3.96. The highest BCUT2D eigenvalue weighted by atomic mass is 19.1. The Labute approximate surface area is 166 Å². The van der Waals surface area contributed by atoms with Crippen LogP contribution in [-0.2, 0) is 17.9 Å². The van der Waals surface area contributed by atoms with Crippen LogP contribution in [-0.4, -0.2) is 33.7 Å². The molecule has 0 radical (unpaired) electrons. The third-order valence-corrected chi connectivity index (χ3v) is 5.56. The molecule has 6 heteroatoms. The number of amides is 1. The number of para-hydroxylation sites is 1. The minimum absolute atomic E-state index is 0.112. The maximum absolute atomic E-state index is 13.7. The molecule has 1 atom stereocenters. The van der Waals surface area contributed by atoms with Gasteiger partial charge in [0.25, 0.3) is 0 Å². The second kappa shape index (κ2) is 9.82. The van der Waals surface area contributed by atoms with Crippen molar-refractivity contribution in [2.24, 2.45) is 5.92 Å². The molecule has 1 aliphatic rings. The maximum atomic E-state index is 13.7. The molecule has 0 spiro atoms. The van der Waals surface area contributed by atoms with Gasteiger partial charge >= 0.3 is 0 Å². The molecule has 1 fully saturated rings. The van der Waals surface area contributed by atoms with E-state index in [0.29, 0.717) is 12.3 Å². The summed E-state index contributed by atoms with van der Waals surface area (Å²) >= 11 is 0. The largest absolute Gasteiger partial charge is 0.324 e. The number of nitrogens with one attached hydrogen (secondary N) is 1. The number of halogens is 1. The Kier molecular flexibility index (Phi) is 7.20. The SMILES string of the molecule is CCCn1ncc(CN2CCC[C@H](CCC(=O)Nc3ccccc3F)C2)c1C. The topological polar surface area (TPSA) is 50.2 Å². The summed E-state index contributed by atoms with van der Waals surface area (Å²) in [6.07, 6.45) is 6.66. The lowest BCUT2D eigenvalue weighted by Gasteiger charge is -2.32. The highest BCUT2D eigenvalue weighted by molar-refractivity contribution is 5.90. The van der Waals surface area contributed by atoms with Crippen molar-refractivity contribution in [1.29, 1.82) is 0 Å². The molecular weight excluding hydrogens is 355 g/mol. The predicted octanol–water partition coefficient (Wildman–Crippen LogP) is 4.37. The number of carbonyl (C=O) groups excluding carboxylic acids is 1. The van der Waals surface area contributed by atoms with Gasteiger partial charge in [-0.3, -0.25) is 14.4 Å². The Morgan fingerprint density at radius 3 is 2.96 bits per heavy atom. The van der Waals surface area contributed by atoms with Crippen LogP contribution in [0.5, 0.6) is 0 Å². The molecule has 3 rings (SSSR count). The number of likely N-dealkylation sites (tertiary alicyclic amines) is 1. The van der Waals surface area contributed by atoms with Crippen LogP contribution in [0.4, 0.5) is 10.1 Å². The molecule has 1 aromatic heterocycles. The van der Waals surface area contributed by atoms with Crippen molar-refractivity contribution >= 4 is 11.6 Å². The zero-order valence-corrected chi connectivity index (χ0v) is 17.0. The number of piperidine rings is 1. The summed E-state index contributed by atoms with van der Waals surface area (Å²) in [4.78, 5) is 14.7. The van der Waals surface area contributed by atoms with E-state index in [1.54, 1.807) is 18.2 Å². The average Bonchev–Trinajstić information content (AvgIpc) is 3.02. The molecule has 152 valence electrons. The minimum Gasteiger partial charge on any atom is -0.324 e. The van der Waals surface area contributed by atoms with Crippen LogP contribution in [0.1, 0.15) is 50.3 Å². The monoisotopic (exact) mass is 386 g/mol. The van der Waals surface area contributed by atoms with Crippen molar-refractivity contribution in [2.75, 3.05) is 18.4 Å². The van der Waals surface area contributed by atoms with E-state index in [0.717, 1.165) is 51.9 Å². The van der Waals surface area contributed by atoms with Crippen LogP contribution in [0.25, 0.3) is 0 Å². The summed E-state index contributed by atoms with van der Waals surface area (Å²) in [5, 5.41) is 7.19. The Morgan fingerprint density at radius 2 is 2.18 bits per heavy atom. The summed E-state index contributed by atoms with van der Waals surface area (Å²) in [5.74, 6) is 0.00343. The van der Waals surface area contributed by atoms with Gasteiger partial charge in [0.05, 0.1) is 11.9 Å². The van der Waals surface area contributed by atoms with E-state index < -0.39 is 5.82 Å². The third kappa shape index (κ3) is 5.41. The van der Waals surface area contributed by atoms with Gasteiger partial charge in [0, 0.05) is 37.3 Å². The Morgan fingerprint density at radius 1 is 1.36 bits per heavy atom. The van der Waals surface area contributed by atoms with Gasteiger partial charge < -0.3 is 5.32 Å². The fourth-order valence-corrected chi connectivity index (χ4v) is 3.96. The van der Waals surface area contributed by atoms with E-state index >= 15 is 0 Å². The first-order chi connectivity index (χ1) is 13.6. The third-order valence-electron chi connectivity index (χ3n) is 5.56. The number of hydrogen-bond acceptors (Lipinski definition) is 3. The number of anilines is 1. The van der Waals surface area contributed by atoms with Gasteiger partial charge in [-0.1, -0.05) is 19.1 Å². The van der Waals surface area contributed by atoms with Gasteiger partial charge in [0.2, 0.25) is 5.91 Å². The lowest BCUT2D eigenvalue weighted by Crippen LogP contribution is -2.35. The van der Waals surface area contributed by atoms with Gasteiger partial charge in [-0.15, -0.1) is 0 Å². The molecule has 1 saturated heterocycles. The second-order valence-corrected chi connectivity index (χ2v) is 7.79. The van der Waals surface area contributed by atoms with Gasteiger partial charge in [-0.05, 0) is 57.2 Å². The highest BCUT2D eigenvalue weighted by Crippen LogP contribution is 2.24. The summed E-state index contributed by atoms with van der Waals surface area (Å²) in [7, 11) is 0. The molecule has 0 unspecified atom stereocenters. The molecule has 1 amide bonds. The molecule has 0 saturated carbocycles. The van der Waals surface area contributed by atoms with Crippen LogP contribution in [0.3, 0.4) is 0 Å². The van der Waals surface area contributed by atoms with E-state index in [1.807, 2.05) is 6.20 Å². The van der Waals surface area contributed by atoms with Crippen molar-refractivity contribution in [3.63, 3.8) is 0 Å². The van der Waals surface area contributed by atoms with Crippen molar-refractivity contribution < 1.29 is 9.18 Å². The number of nitrogens with zero attached hydrogens (tertiary/aromatic N) is 3. The second-order valence-electron chi connectivity index (χ2n) is 7.79. The van der Waals surface area contributed by atoms with Crippen LogP contribution < -0.4 is 5.32 Å². The van der Waals surface area contributed by atoms with Gasteiger partial charge in [-0.2, -0.15) is 5.10 Å². The quantitative estimate of drug-likeness (QED) is 0.733. The van der Waals surface area contributed by atoms with Crippen molar-refractivity contribution in [1.82, 2.24) is 14.7 Å². The zero-order valence-electron chi connectivity index (χ0n) is 17.0. The van der Waals surface area contributed by atoms with E-state index in [-0.39, 0.29) is 11.6 Å². The standard InChI is InChI=1S/C22H31FN4O/c1-3-12-27-17(2)19(14-24-27)16-26-13-6-7-18(15-26)10-11-22(28)25-21-9-5-4-8-20(21)23/h4-5,8-9,14,18H,3,6-7,10-13,15-16H2,1-2H3,(H,25,28)/t18-/m1/s1. The first kappa shape index (κ1) is 20.5. The predicted molar refractivity (Wildman–Crippen MR) is 110 cm³/mol. The van der Waals surface area contributed by atoms with Gasteiger partial charge in [0.1, 0.15) is 5.82 Å². The number of aryl methyl sites for hydroxylation is 1. The molecule has 1 aliphatic heterocycles. The summed E-state index contributed by atoms with van der Waals surface area (Å²) in [6, 6.07) is 6.30. The molecule has 28 heavy (non-hydrogen) atoms. The number of aromatic nitrogens is 2. The van der Waals surface area contributed by atoms with E-state index in [9.17, 15) is 9.18 Å². The first-order valence-electron chi connectivity index (χ1n) is 10.3. The Bertz CT molecular complexity index is 789. The molecule has 2 heterocycles. The molecule has 1 N–H and O–H groups in total. The lowest BCUT2D eigenvalue weighted by molar-refractivity contribution is -0.116. The van der Waals surface area contributed by atoms with Crippen LogP contribution >= 0.6 is 0 Å². The lowest BCUT2D eigenvalue weighted by atomic mass is 9.93. The fraction of sp³-hybridized carbons (Fsp3) is 0.545. The average molecular weight is 387 g/mol. The summed E-state index contributed by atoms with van der Waals surface area (Å²) < 4.78 is 15.7. The number of rotatable bonds is 8. The van der Waals surface area contributed by atoms with E-state index in [2.05, 4.69) is 33.8 Å².